The van der Waals surface area contributed by atoms with Crippen LogP contribution >= 0.6 is 0 Å². The summed E-state index contributed by atoms with van der Waals surface area (Å²) in [6.07, 6.45) is -17.0. The highest BCUT2D eigenvalue weighted by molar-refractivity contribution is 5.76. The normalized spacial score (nSPS) is 57.7. The maximum absolute atomic E-state index is 14.2. The van der Waals surface area contributed by atoms with Gasteiger partial charge in [0.2, 0.25) is 1.43 Å². The van der Waals surface area contributed by atoms with Gasteiger partial charge in [-0.3, -0.25) is 9.59 Å². The number of carbonyl (C=O) groups is 2. The predicted octanol–water partition coefficient (Wildman–Crippen LogP) is 4.59. The van der Waals surface area contributed by atoms with Crippen molar-refractivity contribution in [2.45, 2.75) is 91.1 Å². The SMILES string of the molecule is [2H]O[C@@H]1CC(CC[C@@H]2[C@@H]3C(=C([2H])[C@]([2H])(C)C([2H])([2H])C3OC(=O)C(C([2H])([2H])[2H])(C([2H])([2H])[2H])C([2H])([2H])C([2H])([2H])[2H])C([2H])=C([2H])[C@]2([2H])C)OC(=O)C1([2H])[2H]. The maximum Gasteiger partial charge on any atom is 0.311 e. The number of ether oxygens (including phenoxy) is 2. The van der Waals surface area contributed by atoms with E-state index in [2.05, 4.69) is 5.11 Å². The summed E-state index contributed by atoms with van der Waals surface area (Å²) in [5.74, 6) is -12.5. The lowest BCUT2D eigenvalue weighted by molar-refractivity contribution is -0.166. The topological polar surface area (TPSA) is 72.8 Å². The summed E-state index contributed by atoms with van der Waals surface area (Å²) in [6.45, 7) is -10.8. The second kappa shape index (κ2) is 9.25. The average Bonchev–Trinajstić information content (AvgIpc) is 2.92. The lowest BCUT2D eigenvalue weighted by Crippen LogP contribution is -2.43. The third-order valence-corrected chi connectivity index (χ3v) is 5.28. The van der Waals surface area contributed by atoms with Crippen molar-refractivity contribution >= 4 is 11.9 Å². The molecule has 5 nitrogen and oxygen atoms in total. The first-order valence-electron chi connectivity index (χ1n) is 19.9. The van der Waals surface area contributed by atoms with Gasteiger partial charge in [-0.15, -0.1) is 0 Å². The first-order chi connectivity index (χ1) is 22.5. The molecule has 0 aromatic carbocycles. The van der Waals surface area contributed by atoms with Crippen LogP contribution in [0.3, 0.4) is 0 Å². The van der Waals surface area contributed by atoms with Crippen molar-refractivity contribution < 1.29 is 51.6 Å². The van der Waals surface area contributed by atoms with E-state index in [1.165, 1.54) is 0 Å². The van der Waals surface area contributed by atoms with Gasteiger partial charge < -0.3 is 14.6 Å². The number of aliphatic hydroxyl groups excluding tert-OH is 1. The highest BCUT2D eigenvalue weighted by atomic mass is 16.6. The van der Waals surface area contributed by atoms with Gasteiger partial charge in [0, 0.05) is 35.6 Å². The Kier molecular flexibility index (Phi) is 2.49. The Bertz CT molecular complexity index is 1460. The van der Waals surface area contributed by atoms with Gasteiger partial charge in [-0.1, -0.05) is 38.9 Å². The van der Waals surface area contributed by atoms with Crippen molar-refractivity contribution in [1.29, 1.82) is 1.43 Å². The van der Waals surface area contributed by atoms with Crippen LogP contribution in [0.1, 0.15) is 100 Å². The summed E-state index contributed by atoms with van der Waals surface area (Å²) in [5, 5.41) is 4.37. The van der Waals surface area contributed by atoms with Gasteiger partial charge in [0.1, 0.15) is 12.2 Å². The molecule has 3 rings (SSSR count). The van der Waals surface area contributed by atoms with Gasteiger partial charge in [-0.2, -0.15) is 0 Å². The summed E-state index contributed by atoms with van der Waals surface area (Å²) < 4.78 is 183. The summed E-state index contributed by atoms with van der Waals surface area (Å²) >= 11 is 0. The van der Waals surface area contributed by atoms with Crippen LogP contribution in [0, 0.1) is 29.0 Å². The molecule has 2 unspecified atom stereocenters. The third kappa shape index (κ3) is 5.16. The van der Waals surface area contributed by atoms with E-state index >= 15 is 0 Å². The number of hydrogen-bond donors (Lipinski definition) is 1. The third-order valence-electron chi connectivity index (χ3n) is 5.28. The molecule has 0 saturated carbocycles. The van der Waals surface area contributed by atoms with Crippen LogP contribution in [0.2, 0.25) is 0 Å². The zero-order valence-corrected chi connectivity index (χ0v) is 16.5. The van der Waals surface area contributed by atoms with Crippen molar-refractivity contribution in [3.63, 3.8) is 0 Å². The smallest absolute Gasteiger partial charge is 0.311 e. The molecule has 1 heterocycles. The minimum atomic E-state index is -4.52. The molecule has 0 amide bonds. The number of allylic oxidation sites excluding steroid dienone is 3. The van der Waals surface area contributed by atoms with Crippen molar-refractivity contribution in [1.82, 2.24) is 0 Å². The van der Waals surface area contributed by atoms with E-state index in [9.17, 15) is 9.59 Å². The molecule has 168 valence electrons. The van der Waals surface area contributed by atoms with Crippen LogP contribution in [0.25, 0.3) is 0 Å². The van der Waals surface area contributed by atoms with E-state index in [0.29, 0.717) is 0 Å². The zero-order chi connectivity index (χ0) is 40.1. The molecule has 1 aliphatic heterocycles. The van der Waals surface area contributed by atoms with Crippen LogP contribution in [-0.2, 0) is 19.1 Å². The molecular formula is C25H38O5. The van der Waals surface area contributed by atoms with Crippen molar-refractivity contribution in [3.8, 4) is 0 Å². The highest BCUT2D eigenvalue weighted by Gasteiger charge is 2.43. The van der Waals surface area contributed by atoms with Crippen molar-refractivity contribution in [3.05, 3.63) is 23.7 Å². The number of carbonyl (C=O) groups excluding carboxylic acids is 2. The fourth-order valence-corrected chi connectivity index (χ4v) is 3.79. The van der Waals surface area contributed by atoms with E-state index in [-0.39, 0.29) is 12.8 Å². The molecule has 0 spiro atoms. The lowest BCUT2D eigenvalue weighted by Gasteiger charge is -2.44. The number of cyclic esters (lactones) is 1. The Morgan fingerprint density at radius 1 is 1.53 bits per heavy atom. The fraction of sp³-hybridized carbons (Fsp3) is 0.760. The van der Waals surface area contributed by atoms with Crippen LogP contribution in [0.4, 0.5) is 0 Å². The number of aliphatic hydroxyl groups is 1. The Morgan fingerprint density at radius 2 is 2.37 bits per heavy atom. The summed E-state index contributed by atoms with van der Waals surface area (Å²) in [5.41, 5.74) is -5.13. The largest absolute Gasteiger partial charge is 0.462 e. The van der Waals surface area contributed by atoms with Gasteiger partial charge in [0.05, 0.1) is 22.0 Å². The minimum Gasteiger partial charge on any atom is -0.462 e. The van der Waals surface area contributed by atoms with E-state index in [1.807, 2.05) is 0 Å². The molecule has 1 saturated heterocycles. The van der Waals surface area contributed by atoms with E-state index in [4.69, 9.17) is 38.3 Å². The van der Waals surface area contributed by atoms with Crippen LogP contribution in [0.5, 0.6) is 0 Å². The summed E-state index contributed by atoms with van der Waals surface area (Å²) in [4.78, 5) is 26.6. The molecule has 7 atom stereocenters. The average molecular weight is 440 g/mol. The maximum atomic E-state index is 14.2. The zero-order valence-electron chi connectivity index (χ0n) is 37.5. The molecule has 1 fully saturated rings. The number of fused-ring (bicyclic) bond motifs is 1. The van der Waals surface area contributed by atoms with E-state index in [1.54, 1.807) is 0 Å². The Balaban J connectivity index is 2.32. The molecule has 2 aliphatic carbocycles. The Morgan fingerprint density at radius 3 is 3.10 bits per heavy atom. The quantitative estimate of drug-likeness (QED) is 0.588. The van der Waals surface area contributed by atoms with Crippen molar-refractivity contribution in [2.24, 2.45) is 29.0 Å². The second-order valence-electron chi connectivity index (χ2n) is 7.55. The fourth-order valence-electron chi connectivity index (χ4n) is 3.79. The van der Waals surface area contributed by atoms with E-state index in [0.717, 1.165) is 13.8 Å². The number of hydrogen-bond acceptors (Lipinski definition) is 5. The van der Waals surface area contributed by atoms with Gasteiger partial charge in [-0.25, -0.2) is 0 Å². The Labute approximate surface area is 210 Å². The molecular weight excluding hydrogens is 380 g/mol. The van der Waals surface area contributed by atoms with Gasteiger partial charge in [-0.05, 0) is 62.6 Å². The molecule has 0 radical (unpaired) electrons. The number of rotatable bonds is 7. The summed E-state index contributed by atoms with van der Waals surface area (Å²) in [7, 11) is 0. The highest BCUT2D eigenvalue weighted by Crippen LogP contribution is 2.45. The molecule has 3 aliphatic rings. The first kappa shape index (κ1) is 8.06. The van der Waals surface area contributed by atoms with Crippen LogP contribution in [0.15, 0.2) is 23.7 Å². The molecule has 1 N–H and O–H groups in total. The predicted molar refractivity (Wildman–Crippen MR) is 115 cm³/mol. The molecule has 0 aromatic heterocycles. The van der Waals surface area contributed by atoms with Gasteiger partial charge in [0.15, 0.2) is 0 Å². The molecule has 5 heteroatoms. The molecule has 30 heavy (non-hydrogen) atoms. The lowest BCUT2D eigenvalue weighted by atomic mass is 9.65. The van der Waals surface area contributed by atoms with E-state index < -0.39 is 129 Å². The van der Waals surface area contributed by atoms with Crippen LogP contribution in [-0.4, -0.2) is 36.8 Å². The monoisotopic (exact) mass is 439 g/mol. The van der Waals surface area contributed by atoms with Gasteiger partial charge in [0.25, 0.3) is 0 Å². The minimum absolute atomic E-state index is 0.323. The Hall–Kier alpha value is -1.62. The van der Waals surface area contributed by atoms with Crippen molar-refractivity contribution in [2.75, 3.05) is 0 Å². The number of esters is 2. The summed E-state index contributed by atoms with van der Waals surface area (Å²) in [6, 6.07) is -2.55. The van der Waals surface area contributed by atoms with Crippen LogP contribution < -0.4 is 0 Å². The van der Waals surface area contributed by atoms with Gasteiger partial charge >= 0.3 is 11.9 Å². The second-order valence-corrected chi connectivity index (χ2v) is 7.55. The molecule has 0 aromatic rings. The standard InChI is InChI=1S/C25H38O5/c1-6-25(4,5)24(28)30-21-12-15(2)11-17-8-7-16(3)20(23(17)21)10-9-19-13-18(26)14-22(27)29-19/h7-8,11,15-16,18-21,23,26H,6,9-10,12-14H2,1-5H3/t15-,16-,18+,19?,20-,21?,23-/m0/s1/i1D3,4D3,5D3,6D2,7D,8D,11D,12D2,14D2,15D,16D,26D. The first-order valence-corrected chi connectivity index (χ1v) is 9.48. The molecule has 0 bridgehead atoms.